The summed E-state index contributed by atoms with van der Waals surface area (Å²) in [5.74, 6) is 0.742. The highest BCUT2D eigenvalue weighted by molar-refractivity contribution is 8.00. The zero-order valence-electron chi connectivity index (χ0n) is 14.4. The van der Waals surface area contributed by atoms with Crippen LogP contribution >= 0.6 is 34.4 Å². The summed E-state index contributed by atoms with van der Waals surface area (Å²) in [5.41, 5.74) is 4.46. The molecule has 4 aromatic rings. The van der Waals surface area contributed by atoms with E-state index in [-0.39, 0.29) is 10.6 Å². The Balaban J connectivity index is 1.41. The largest absolute Gasteiger partial charge is 0.270 e. The molecule has 2 aromatic carbocycles. The fourth-order valence-corrected chi connectivity index (χ4v) is 5.51. The Morgan fingerprint density at radius 3 is 2.74 bits per heavy atom. The summed E-state index contributed by atoms with van der Waals surface area (Å²) in [7, 11) is 0. The molecule has 2 aromatic heterocycles. The van der Waals surface area contributed by atoms with Crippen molar-refractivity contribution in [2.24, 2.45) is 0 Å². The predicted molar refractivity (Wildman–Crippen MR) is 112 cm³/mol. The van der Waals surface area contributed by atoms with Gasteiger partial charge in [-0.25, -0.2) is 9.97 Å². The highest BCUT2D eigenvalue weighted by Crippen LogP contribution is 2.33. The number of thioether (sulfide) groups is 1. The SMILES string of the molecule is Cc1ccc(Cc2nc(CSc3nc4ccc([N+](=O)[O-])cc4s3)cs2)cc1. The van der Waals surface area contributed by atoms with Gasteiger partial charge in [-0.15, -0.1) is 22.7 Å². The zero-order valence-corrected chi connectivity index (χ0v) is 16.9. The summed E-state index contributed by atoms with van der Waals surface area (Å²) in [6, 6.07) is 13.3. The minimum Gasteiger partial charge on any atom is -0.258 e. The highest BCUT2D eigenvalue weighted by atomic mass is 32.2. The molecule has 0 radical (unpaired) electrons. The molecule has 5 nitrogen and oxygen atoms in total. The van der Waals surface area contributed by atoms with Crippen molar-refractivity contribution in [1.82, 2.24) is 9.97 Å². The number of hydrogen-bond acceptors (Lipinski definition) is 7. The minimum absolute atomic E-state index is 0.1000. The van der Waals surface area contributed by atoms with Crippen LogP contribution in [0.3, 0.4) is 0 Å². The molecule has 0 aliphatic carbocycles. The Labute approximate surface area is 168 Å². The second-order valence-corrected chi connectivity index (χ2v) is 9.27. The summed E-state index contributed by atoms with van der Waals surface area (Å²) in [5, 5.41) is 14.1. The van der Waals surface area contributed by atoms with E-state index in [2.05, 4.69) is 41.6 Å². The van der Waals surface area contributed by atoms with Crippen molar-refractivity contribution in [3.8, 4) is 0 Å². The van der Waals surface area contributed by atoms with Crippen LogP contribution in [-0.2, 0) is 12.2 Å². The monoisotopic (exact) mass is 413 g/mol. The normalized spacial score (nSPS) is 11.1. The van der Waals surface area contributed by atoms with Crippen LogP contribution in [0.25, 0.3) is 10.2 Å². The lowest BCUT2D eigenvalue weighted by molar-refractivity contribution is -0.384. The fourth-order valence-electron chi connectivity index (χ4n) is 2.58. The number of fused-ring (bicyclic) bond motifs is 1. The van der Waals surface area contributed by atoms with Crippen molar-refractivity contribution in [1.29, 1.82) is 0 Å². The maximum absolute atomic E-state index is 10.9. The van der Waals surface area contributed by atoms with E-state index in [4.69, 9.17) is 4.98 Å². The van der Waals surface area contributed by atoms with Gasteiger partial charge in [-0.05, 0) is 18.6 Å². The second-order valence-electron chi connectivity index (χ2n) is 6.07. The van der Waals surface area contributed by atoms with Crippen LogP contribution in [0.1, 0.15) is 21.8 Å². The van der Waals surface area contributed by atoms with E-state index in [0.29, 0.717) is 0 Å². The summed E-state index contributed by atoms with van der Waals surface area (Å²) < 4.78 is 1.74. The molecular weight excluding hydrogens is 398 g/mol. The van der Waals surface area contributed by atoms with Gasteiger partial charge in [0.2, 0.25) is 0 Å². The molecule has 0 unspecified atom stereocenters. The maximum atomic E-state index is 10.9. The third-order valence-electron chi connectivity index (χ3n) is 3.98. The van der Waals surface area contributed by atoms with Gasteiger partial charge in [-0.1, -0.05) is 41.6 Å². The number of nitro groups is 1. The van der Waals surface area contributed by atoms with Crippen LogP contribution in [0.5, 0.6) is 0 Å². The molecule has 0 amide bonds. The number of aryl methyl sites for hydroxylation is 1. The molecular formula is C19H15N3O2S3. The van der Waals surface area contributed by atoms with Crippen LogP contribution < -0.4 is 0 Å². The molecule has 0 bridgehead atoms. The number of hydrogen-bond donors (Lipinski definition) is 0. The van der Waals surface area contributed by atoms with Gasteiger partial charge in [0.05, 0.1) is 25.8 Å². The first-order valence-electron chi connectivity index (χ1n) is 8.23. The van der Waals surface area contributed by atoms with Gasteiger partial charge in [0.25, 0.3) is 5.69 Å². The van der Waals surface area contributed by atoms with Gasteiger partial charge in [0.15, 0.2) is 4.34 Å². The van der Waals surface area contributed by atoms with E-state index >= 15 is 0 Å². The molecule has 2 heterocycles. The Kier molecular flexibility index (Phi) is 5.20. The van der Waals surface area contributed by atoms with E-state index in [1.165, 1.54) is 28.5 Å². The minimum atomic E-state index is -0.378. The predicted octanol–water partition coefficient (Wildman–Crippen LogP) is 5.85. The summed E-state index contributed by atoms with van der Waals surface area (Å²) in [6.07, 6.45) is 0.848. The quantitative estimate of drug-likeness (QED) is 0.225. The number of rotatable bonds is 6. The Bertz CT molecular complexity index is 1100. The van der Waals surface area contributed by atoms with E-state index in [1.807, 2.05) is 0 Å². The topological polar surface area (TPSA) is 68.9 Å². The van der Waals surface area contributed by atoms with Crippen LogP contribution in [0.2, 0.25) is 0 Å². The number of benzene rings is 2. The molecule has 0 saturated carbocycles. The van der Waals surface area contributed by atoms with E-state index in [9.17, 15) is 10.1 Å². The first-order valence-corrected chi connectivity index (χ1v) is 10.9. The highest BCUT2D eigenvalue weighted by Gasteiger charge is 2.11. The summed E-state index contributed by atoms with van der Waals surface area (Å²) >= 11 is 4.78. The van der Waals surface area contributed by atoms with Gasteiger partial charge >= 0.3 is 0 Å². The molecule has 0 N–H and O–H groups in total. The number of nitro benzene ring substituents is 1. The van der Waals surface area contributed by atoms with Gasteiger partial charge in [-0.2, -0.15) is 0 Å². The Morgan fingerprint density at radius 1 is 1.15 bits per heavy atom. The fraction of sp³-hybridized carbons (Fsp3) is 0.158. The Hall–Kier alpha value is -2.29. The van der Waals surface area contributed by atoms with Crippen molar-refractivity contribution < 1.29 is 4.92 Å². The molecule has 27 heavy (non-hydrogen) atoms. The van der Waals surface area contributed by atoms with Crippen LogP contribution in [0.15, 0.2) is 52.2 Å². The van der Waals surface area contributed by atoms with Crippen LogP contribution in [0, 0.1) is 17.0 Å². The lowest BCUT2D eigenvalue weighted by Gasteiger charge is -1.98. The molecule has 8 heteroatoms. The molecule has 0 aliphatic heterocycles. The molecule has 0 saturated heterocycles. The van der Waals surface area contributed by atoms with E-state index in [0.717, 1.165) is 37.4 Å². The van der Waals surface area contributed by atoms with E-state index < -0.39 is 0 Å². The standard InChI is InChI=1S/C19H15N3O2S3/c1-12-2-4-13(5-3-12)8-18-20-14(10-25-18)11-26-19-21-16-7-6-15(22(23)24)9-17(16)27-19/h2-7,9-10H,8,11H2,1H3. The summed E-state index contributed by atoms with van der Waals surface area (Å²) in [4.78, 5) is 19.8. The van der Waals surface area contributed by atoms with Crippen LogP contribution in [0.4, 0.5) is 5.69 Å². The summed E-state index contributed by atoms with van der Waals surface area (Å²) in [6.45, 7) is 2.09. The molecule has 0 atom stereocenters. The lowest BCUT2D eigenvalue weighted by Crippen LogP contribution is -1.88. The average molecular weight is 414 g/mol. The van der Waals surface area contributed by atoms with Crippen LogP contribution in [-0.4, -0.2) is 14.9 Å². The lowest BCUT2D eigenvalue weighted by atomic mass is 10.1. The molecule has 0 fully saturated rings. The van der Waals surface area contributed by atoms with Gasteiger partial charge in [0.1, 0.15) is 0 Å². The van der Waals surface area contributed by atoms with Crippen molar-refractivity contribution in [3.05, 3.63) is 79.8 Å². The third-order valence-corrected chi connectivity index (χ3v) is 7.07. The third kappa shape index (κ3) is 4.35. The number of thiazole rings is 2. The van der Waals surface area contributed by atoms with Gasteiger partial charge in [0, 0.05) is 29.7 Å². The number of nitrogens with zero attached hydrogens (tertiary/aromatic N) is 3. The molecule has 0 spiro atoms. The van der Waals surface area contributed by atoms with Crippen molar-refractivity contribution in [3.63, 3.8) is 0 Å². The van der Waals surface area contributed by atoms with Crippen molar-refractivity contribution in [2.45, 2.75) is 23.4 Å². The smallest absolute Gasteiger partial charge is 0.258 e. The van der Waals surface area contributed by atoms with Crippen molar-refractivity contribution >= 4 is 50.3 Å². The maximum Gasteiger partial charge on any atom is 0.270 e. The number of aromatic nitrogens is 2. The van der Waals surface area contributed by atoms with Gasteiger partial charge in [-0.3, -0.25) is 10.1 Å². The second kappa shape index (κ2) is 7.75. The van der Waals surface area contributed by atoms with Gasteiger partial charge < -0.3 is 0 Å². The molecule has 136 valence electrons. The zero-order chi connectivity index (χ0) is 18.8. The average Bonchev–Trinajstić information content (AvgIpc) is 3.27. The number of non-ortho nitro benzene ring substituents is 1. The first-order chi connectivity index (χ1) is 13.1. The first kappa shape index (κ1) is 18.1. The van der Waals surface area contributed by atoms with Crippen molar-refractivity contribution in [2.75, 3.05) is 0 Å². The van der Waals surface area contributed by atoms with E-state index in [1.54, 1.807) is 35.2 Å². The molecule has 4 rings (SSSR count). The Morgan fingerprint density at radius 2 is 1.96 bits per heavy atom. The molecule has 0 aliphatic rings.